The summed E-state index contributed by atoms with van der Waals surface area (Å²) in [4.78, 5) is 21.2. The average Bonchev–Trinajstić information content (AvgIpc) is 3.19. The molecule has 32 heavy (non-hydrogen) atoms. The third kappa shape index (κ3) is 4.41. The van der Waals surface area contributed by atoms with Crippen LogP contribution in [-0.4, -0.2) is 38.7 Å². The van der Waals surface area contributed by atoms with Gasteiger partial charge in [0.25, 0.3) is 0 Å². The van der Waals surface area contributed by atoms with E-state index in [1.54, 1.807) is 23.6 Å². The summed E-state index contributed by atoms with van der Waals surface area (Å²) < 4.78 is 2.33. The van der Waals surface area contributed by atoms with E-state index < -0.39 is 0 Å². The van der Waals surface area contributed by atoms with Crippen LogP contribution in [0, 0.1) is 0 Å². The Balaban J connectivity index is 1.31. The quantitative estimate of drug-likeness (QED) is 0.423. The molecule has 2 aromatic heterocycles. The lowest BCUT2D eigenvalue weighted by molar-refractivity contribution is -0.115. The monoisotopic (exact) mass is 468 g/mol. The third-order valence-electron chi connectivity index (χ3n) is 5.95. The Morgan fingerprint density at radius 2 is 1.94 bits per heavy atom. The number of thiazole rings is 1. The molecule has 3 heterocycles. The third-order valence-corrected chi connectivity index (χ3v) is 7.80. The minimum absolute atomic E-state index is 0.0356. The first-order valence-electron chi connectivity index (χ1n) is 11.3. The van der Waals surface area contributed by atoms with Crippen LogP contribution in [0.15, 0.2) is 34.8 Å². The number of aryl methyl sites for hydroxylation is 1. The van der Waals surface area contributed by atoms with Gasteiger partial charge in [0, 0.05) is 37.2 Å². The number of carbonyl (C=O) groups is 1. The Labute approximate surface area is 196 Å². The highest BCUT2D eigenvalue weighted by Gasteiger charge is 2.32. The molecular formula is C23H28N6OS2. The lowest BCUT2D eigenvalue weighted by Gasteiger charge is -2.18. The zero-order valence-electron chi connectivity index (χ0n) is 18.5. The Bertz CT molecular complexity index is 1080. The molecule has 1 saturated heterocycles. The van der Waals surface area contributed by atoms with Gasteiger partial charge in [0.1, 0.15) is 0 Å². The summed E-state index contributed by atoms with van der Waals surface area (Å²) in [6, 6.07) is 8.66. The van der Waals surface area contributed by atoms with Crippen LogP contribution in [0.3, 0.4) is 0 Å². The van der Waals surface area contributed by atoms with Gasteiger partial charge in [-0.3, -0.25) is 14.3 Å². The molecule has 2 aliphatic rings. The van der Waals surface area contributed by atoms with Crippen molar-refractivity contribution >= 4 is 45.8 Å². The number of nitrogens with zero attached hydrogens (tertiary/aromatic N) is 6. The molecule has 1 saturated carbocycles. The molecule has 0 radical (unpaired) electrons. The van der Waals surface area contributed by atoms with Crippen LogP contribution in [0.4, 0.5) is 16.8 Å². The summed E-state index contributed by atoms with van der Waals surface area (Å²) in [5.74, 6) is 1.71. The van der Waals surface area contributed by atoms with Crippen molar-refractivity contribution < 1.29 is 4.79 Å². The fourth-order valence-electron chi connectivity index (χ4n) is 4.06. The standard InChI is InChI=1S/C23H28N6OS2/c1-3-17-6-8-19(9-7-17)28(16(2)30)22-24-18(14-31-22)15-32-23-26-25-21(27-12-4-5-13-27)29(23)20-10-11-20/h6-9,14,20H,3-5,10-13,15H2,1-2H3. The van der Waals surface area contributed by atoms with Crippen LogP contribution in [0.2, 0.25) is 0 Å². The highest BCUT2D eigenvalue weighted by molar-refractivity contribution is 7.98. The van der Waals surface area contributed by atoms with Crippen LogP contribution >= 0.6 is 23.1 Å². The molecule has 9 heteroatoms. The largest absolute Gasteiger partial charge is 0.341 e. The zero-order chi connectivity index (χ0) is 22.1. The maximum atomic E-state index is 12.4. The number of thioether (sulfide) groups is 1. The molecule has 1 aliphatic heterocycles. The van der Waals surface area contributed by atoms with Crippen LogP contribution in [0.1, 0.15) is 56.8 Å². The maximum Gasteiger partial charge on any atom is 0.230 e. The van der Waals surface area contributed by atoms with Crippen molar-refractivity contribution in [2.24, 2.45) is 0 Å². The van der Waals surface area contributed by atoms with Crippen molar-refractivity contribution in [3.63, 3.8) is 0 Å². The fourth-order valence-corrected chi connectivity index (χ4v) is 5.95. The number of hydrogen-bond donors (Lipinski definition) is 0. The highest BCUT2D eigenvalue weighted by Crippen LogP contribution is 2.42. The minimum Gasteiger partial charge on any atom is -0.341 e. The molecule has 5 rings (SSSR count). The molecule has 0 atom stereocenters. The van der Waals surface area contributed by atoms with E-state index in [1.165, 1.54) is 42.6 Å². The molecule has 0 unspecified atom stereocenters. The van der Waals surface area contributed by atoms with Gasteiger partial charge in [0.05, 0.1) is 11.4 Å². The number of anilines is 3. The average molecular weight is 469 g/mol. The molecule has 0 N–H and O–H groups in total. The van der Waals surface area contributed by atoms with Gasteiger partial charge in [-0.1, -0.05) is 30.8 Å². The van der Waals surface area contributed by atoms with Crippen LogP contribution in [-0.2, 0) is 17.0 Å². The molecule has 2 fully saturated rings. The number of rotatable bonds is 8. The van der Waals surface area contributed by atoms with Gasteiger partial charge in [-0.05, 0) is 49.8 Å². The van der Waals surface area contributed by atoms with Gasteiger partial charge in [0.2, 0.25) is 11.9 Å². The highest BCUT2D eigenvalue weighted by atomic mass is 32.2. The second kappa shape index (κ2) is 9.23. The molecule has 7 nitrogen and oxygen atoms in total. The normalized spacial score (nSPS) is 16.0. The Hall–Kier alpha value is -2.39. The lowest BCUT2D eigenvalue weighted by Crippen LogP contribution is -2.22. The molecule has 1 amide bonds. The lowest BCUT2D eigenvalue weighted by atomic mass is 10.1. The molecule has 3 aromatic rings. The number of amides is 1. The van der Waals surface area contributed by atoms with Crippen molar-refractivity contribution in [3.05, 3.63) is 40.9 Å². The van der Waals surface area contributed by atoms with Gasteiger partial charge < -0.3 is 4.90 Å². The maximum absolute atomic E-state index is 12.4. The summed E-state index contributed by atoms with van der Waals surface area (Å²) in [6.07, 6.45) is 5.85. The smallest absolute Gasteiger partial charge is 0.230 e. The van der Waals surface area contributed by atoms with Crippen molar-refractivity contribution in [3.8, 4) is 0 Å². The molecule has 168 valence electrons. The van der Waals surface area contributed by atoms with E-state index in [4.69, 9.17) is 4.98 Å². The van der Waals surface area contributed by atoms with E-state index in [2.05, 4.69) is 38.7 Å². The SMILES string of the molecule is CCc1ccc(N(C(C)=O)c2nc(CSc3nnc(N4CCCC4)n3C3CC3)cs2)cc1. The zero-order valence-corrected chi connectivity index (χ0v) is 20.2. The summed E-state index contributed by atoms with van der Waals surface area (Å²) in [7, 11) is 0. The number of aromatic nitrogens is 4. The fraction of sp³-hybridized carbons (Fsp3) is 0.478. The van der Waals surface area contributed by atoms with Crippen LogP contribution < -0.4 is 9.80 Å². The van der Waals surface area contributed by atoms with Gasteiger partial charge >= 0.3 is 0 Å². The first-order valence-corrected chi connectivity index (χ1v) is 13.2. The Kier molecular flexibility index (Phi) is 6.19. The van der Waals surface area contributed by atoms with Crippen LogP contribution in [0.5, 0.6) is 0 Å². The van der Waals surface area contributed by atoms with Gasteiger partial charge in [-0.2, -0.15) is 0 Å². The van der Waals surface area contributed by atoms with Crippen molar-refractivity contribution in [1.29, 1.82) is 0 Å². The minimum atomic E-state index is -0.0356. The number of benzene rings is 1. The van der Waals surface area contributed by atoms with Crippen LogP contribution in [0.25, 0.3) is 0 Å². The first-order chi connectivity index (χ1) is 15.6. The molecule has 0 bridgehead atoms. The van der Waals surface area contributed by atoms with Crippen molar-refractivity contribution in [1.82, 2.24) is 19.7 Å². The molecule has 1 aliphatic carbocycles. The molecule has 0 spiro atoms. The predicted octanol–water partition coefficient (Wildman–Crippen LogP) is 5.21. The van der Waals surface area contributed by atoms with Gasteiger partial charge in [-0.15, -0.1) is 21.5 Å². The Morgan fingerprint density at radius 3 is 2.59 bits per heavy atom. The predicted molar refractivity (Wildman–Crippen MR) is 130 cm³/mol. The van der Waals surface area contributed by atoms with E-state index in [0.29, 0.717) is 16.9 Å². The van der Waals surface area contributed by atoms with E-state index in [0.717, 1.165) is 42.0 Å². The first kappa shape index (κ1) is 21.5. The van der Waals surface area contributed by atoms with E-state index in [9.17, 15) is 4.79 Å². The molecule has 1 aromatic carbocycles. The van der Waals surface area contributed by atoms with Gasteiger partial charge in [-0.25, -0.2) is 4.98 Å². The molecular weight excluding hydrogens is 440 g/mol. The topological polar surface area (TPSA) is 67.2 Å². The number of carbonyl (C=O) groups excluding carboxylic acids is 1. The van der Waals surface area contributed by atoms with Crippen molar-refractivity contribution in [2.75, 3.05) is 22.9 Å². The van der Waals surface area contributed by atoms with E-state index in [1.807, 2.05) is 17.5 Å². The summed E-state index contributed by atoms with van der Waals surface area (Å²) >= 11 is 3.19. The number of hydrogen-bond acceptors (Lipinski definition) is 7. The van der Waals surface area contributed by atoms with E-state index >= 15 is 0 Å². The Morgan fingerprint density at radius 1 is 1.19 bits per heavy atom. The van der Waals surface area contributed by atoms with Crippen molar-refractivity contribution in [2.45, 2.75) is 62.9 Å². The van der Waals surface area contributed by atoms with Gasteiger partial charge in [0.15, 0.2) is 10.3 Å². The van der Waals surface area contributed by atoms with E-state index in [-0.39, 0.29) is 5.91 Å². The second-order valence-corrected chi connectivity index (χ2v) is 10.1. The second-order valence-electron chi connectivity index (χ2n) is 8.36. The summed E-state index contributed by atoms with van der Waals surface area (Å²) in [6.45, 7) is 5.86. The summed E-state index contributed by atoms with van der Waals surface area (Å²) in [5.41, 5.74) is 3.06. The summed E-state index contributed by atoms with van der Waals surface area (Å²) in [5, 5.41) is 12.8.